The van der Waals surface area contributed by atoms with E-state index in [0.717, 1.165) is 5.56 Å². The molecule has 1 aliphatic heterocycles. The second-order valence-electron chi connectivity index (χ2n) is 7.51. The van der Waals surface area contributed by atoms with Crippen molar-refractivity contribution < 1.29 is 13.2 Å². The lowest BCUT2D eigenvalue weighted by Crippen LogP contribution is -2.52. The number of nitrogens with zero attached hydrogens (tertiary/aromatic N) is 4. The van der Waals surface area contributed by atoms with Gasteiger partial charge in [-0.3, -0.25) is 9.69 Å². The Morgan fingerprint density at radius 2 is 1.74 bits per heavy atom. The van der Waals surface area contributed by atoms with Crippen LogP contribution < -0.4 is 0 Å². The predicted molar refractivity (Wildman–Crippen MR) is 119 cm³/mol. The van der Waals surface area contributed by atoms with Gasteiger partial charge in [-0.25, -0.2) is 8.42 Å². The number of likely N-dealkylation sites (N-methyl/N-ethyl adjacent to an activating group) is 1. The highest BCUT2D eigenvalue weighted by molar-refractivity contribution is 7.89. The molecule has 1 amide bonds. The van der Waals surface area contributed by atoms with Crippen molar-refractivity contribution in [2.24, 2.45) is 0 Å². The number of carbonyl (C=O) groups excluding carboxylic acids is 1. The Balaban J connectivity index is 1.61. The molecule has 1 heterocycles. The van der Waals surface area contributed by atoms with Gasteiger partial charge < -0.3 is 4.90 Å². The zero-order chi connectivity index (χ0) is 22.6. The summed E-state index contributed by atoms with van der Waals surface area (Å²) in [7, 11) is -1.92. The van der Waals surface area contributed by atoms with E-state index in [0.29, 0.717) is 18.1 Å². The molecule has 0 radical (unpaired) electrons. The first kappa shape index (κ1) is 23.2. The lowest BCUT2D eigenvalue weighted by Gasteiger charge is -2.35. The SMILES string of the molecule is CC(c1ccccc1Cl)N(C)CC(=O)N1CCN(S(=O)(=O)c2ccccc2C#N)CC1. The summed E-state index contributed by atoms with van der Waals surface area (Å²) in [5.74, 6) is -0.0594. The summed E-state index contributed by atoms with van der Waals surface area (Å²) in [5.41, 5.74) is 1.07. The second-order valence-corrected chi connectivity index (χ2v) is 9.82. The van der Waals surface area contributed by atoms with Gasteiger partial charge in [0.1, 0.15) is 6.07 Å². The fraction of sp³-hybridized carbons (Fsp3) is 0.364. The van der Waals surface area contributed by atoms with Gasteiger partial charge in [-0.1, -0.05) is 41.9 Å². The third-order valence-corrected chi connectivity index (χ3v) is 7.92. The molecule has 1 aliphatic rings. The molecule has 0 bridgehead atoms. The monoisotopic (exact) mass is 460 g/mol. The lowest BCUT2D eigenvalue weighted by molar-refractivity contribution is -0.133. The number of piperazine rings is 1. The molecule has 31 heavy (non-hydrogen) atoms. The van der Waals surface area contributed by atoms with Crippen LogP contribution in [0.4, 0.5) is 0 Å². The minimum Gasteiger partial charge on any atom is -0.339 e. The van der Waals surface area contributed by atoms with Crippen LogP contribution in [0.2, 0.25) is 5.02 Å². The zero-order valence-electron chi connectivity index (χ0n) is 17.5. The molecule has 1 atom stereocenters. The van der Waals surface area contributed by atoms with Crippen LogP contribution in [-0.2, 0) is 14.8 Å². The van der Waals surface area contributed by atoms with Gasteiger partial charge in [0.05, 0.1) is 17.0 Å². The van der Waals surface area contributed by atoms with Crippen molar-refractivity contribution in [1.29, 1.82) is 5.26 Å². The summed E-state index contributed by atoms with van der Waals surface area (Å²) in [6.45, 7) is 3.19. The number of halogens is 1. The quantitative estimate of drug-likeness (QED) is 0.661. The molecule has 7 nitrogen and oxygen atoms in total. The Morgan fingerprint density at radius 1 is 1.13 bits per heavy atom. The summed E-state index contributed by atoms with van der Waals surface area (Å²) in [4.78, 5) is 16.4. The Kier molecular flexibility index (Phi) is 7.34. The maximum absolute atomic E-state index is 12.9. The summed E-state index contributed by atoms with van der Waals surface area (Å²) in [5, 5.41) is 9.88. The number of sulfonamides is 1. The molecule has 2 aromatic rings. The molecular formula is C22H25ClN4O3S. The summed E-state index contributed by atoms with van der Waals surface area (Å²) < 4.78 is 27.2. The Labute approximate surface area is 188 Å². The Hall–Kier alpha value is -2.44. The normalized spacial score (nSPS) is 16.2. The van der Waals surface area contributed by atoms with Gasteiger partial charge >= 0.3 is 0 Å². The van der Waals surface area contributed by atoms with Crippen LogP contribution in [0.15, 0.2) is 53.4 Å². The summed E-state index contributed by atoms with van der Waals surface area (Å²) >= 11 is 6.27. The van der Waals surface area contributed by atoms with Crippen molar-refractivity contribution in [3.63, 3.8) is 0 Å². The fourth-order valence-corrected chi connectivity index (χ4v) is 5.46. The summed E-state index contributed by atoms with van der Waals surface area (Å²) in [6.07, 6.45) is 0. The van der Waals surface area contributed by atoms with Crippen LogP contribution in [0, 0.1) is 11.3 Å². The predicted octanol–water partition coefficient (Wildman–Crippen LogP) is 2.74. The molecular weight excluding hydrogens is 436 g/mol. The molecule has 3 rings (SSSR count). The van der Waals surface area contributed by atoms with Crippen LogP contribution in [-0.4, -0.2) is 68.2 Å². The van der Waals surface area contributed by atoms with Gasteiger partial charge in [-0.2, -0.15) is 9.57 Å². The van der Waals surface area contributed by atoms with Crippen molar-refractivity contribution in [1.82, 2.24) is 14.1 Å². The molecule has 1 fully saturated rings. The maximum Gasteiger partial charge on any atom is 0.244 e. The number of nitriles is 1. The van der Waals surface area contributed by atoms with Crippen LogP contribution in [0.5, 0.6) is 0 Å². The molecule has 1 saturated heterocycles. The van der Waals surface area contributed by atoms with Crippen LogP contribution in [0.1, 0.15) is 24.1 Å². The minimum atomic E-state index is -3.78. The standard InChI is InChI=1S/C22H25ClN4O3S/c1-17(19-8-4-5-9-20(19)23)25(2)16-22(28)26-11-13-27(14-12-26)31(29,30)21-10-6-3-7-18(21)15-24/h3-10,17H,11-14,16H2,1-2H3. The van der Waals surface area contributed by atoms with Gasteiger partial charge in [0.15, 0.2) is 0 Å². The van der Waals surface area contributed by atoms with Crippen LogP contribution in [0.3, 0.4) is 0 Å². The number of rotatable bonds is 6. The molecule has 9 heteroatoms. The van der Waals surface area contributed by atoms with Crippen molar-refractivity contribution >= 4 is 27.5 Å². The molecule has 0 N–H and O–H groups in total. The number of hydrogen-bond donors (Lipinski definition) is 0. The van der Waals surface area contributed by atoms with Gasteiger partial charge in [-0.05, 0) is 37.7 Å². The lowest BCUT2D eigenvalue weighted by atomic mass is 10.1. The van der Waals surface area contributed by atoms with E-state index in [-0.39, 0.29) is 42.0 Å². The smallest absolute Gasteiger partial charge is 0.244 e. The molecule has 0 aliphatic carbocycles. The first-order valence-electron chi connectivity index (χ1n) is 9.97. The number of benzene rings is 2. The molecule has 0 aromatic heterocycles. The Bertz CT molecular complexity index is 1090. The van der Waals surface area contributed by atoms with E-state index >= 15 is 0 Å². The highest BCUT2D eigenvalue weighted by atomic mass is 35.5. The highest BCUT2D eigenvalue weighted by Crippen LogP contribution is 2.26. The van der Waals surface area contributed by atoms with Crippen molar-refractivity contribution in [2.45, 2.75) is 17.9 Å². The Morgan fingerprint density at radius 3 is 2.39 bits per heavy atom. The second kappa shape index (κ2) is 9.79. The van der Waals surface area contributed by atoms with Gasteiger partial charge in [0, 0.05) is 37.2 Å². The van der Waals surface area contributed by atoms with Crippen LogP contribution in [0.25, 0.3) is 0 Å². The van der Waals surface area contributed by atoms with E-state index in [9.17, 15) is 18.5 Å². The molecule has 1 unspecified atom stereocenters. The maximum atomic E-state index is 12.9. The molecule has 0 saturated carbocycles. The third-order valence-electron chi connectivity index (χ3n) is 5.62. The number of amides is 1. The van der Waals surface area contributed by atoms with E-state index in [2.05, 4.69) is 0 Å². The van der Waals surface area contributed by atoms with Crippen molar-refractivity contribution in [3.8, 4) is 6.07 Å². The zero-order valence-corrected chi connectivity index (χ0v) is 19.1. The fourth-order valence-electron chi connectivity index (χ4n) is 3.60. The average molecular weight is 461 g/mol. The van der Waals surface area contributed by atoms with E-state index < -0.39 is 10.0 Å². The largest absolute Gasteiger partial charge is 0.339 e. The van der Waals surface area contributed by atoms with E-state index in [1.54, 1.807) is 17.0 Å². The topological polar surface area (TPSA) is 84.7 Å². The van der Waals surface area contributed by atoms with E-state index in [1.807, 2.05) is 49.2 Å². The molecule has 0 spiro atoms. The molecule has 164 valence electrons. The third kappa shape index (κ3) is 5.08. The summed E-state index contributed by atoms with van der Waals surface area (Å²) in [6, 6.07) is 15.6. The molecule has 2 aromatic carbocycles. The van der Waals surface area contributed by atoms with Crippen molar-refractivity contribution in [3.05, 3.63) is 64.7 Å². The highest BCUT2D eigenvalue weighted by Gasteiger charge is 2.32. The number of carbonyl (C=O) groups is 1. The minimum absolute atomic E-state index is 0.00516. The first-order valence-corrected chi connectivity index (χ1v) is 11.8. The average Bonchev–Trinajstić information content (AvgIpc) is 2.78. The van der Waals surface area contributed by atoms with Gasteiger partial charge in [-0.15, -0.1) is 0 Å². The van der Waals surface area contributed by atoms with E-state index in [1.165, 1.54) is 16.4 Å². The first-order chi connectivity index (χ1) is 14.8. The van der Waals surface area contributed by atoms with Gasteiger partial charge in [0.2, 0.25) is 15.9 Å². The van der Waals surface area contributed by atoms with Crippen LogP contribution >= 0.6 is 11.6 Å². The number of hydrogen-bond acceptors (Lipinski definition) is 5. The van der Waals surface area contributed by atoms with Gasteiger partial charge in [0.25, 0.3) is 0 Å². The van der Waals surface area contributed by atoms with E-state index in [4.69, 9.17) is 11.6 Å². The van der Waals surface area contributed by atoms with Crippen molar-refractivity contribution in [2.75, 3.05) is 39.8 Å².